The van der Waals surface area contributed by atoms with Gasteiger partial charge < -0.3 is 15.5 Å². The molecule has 0 radical (unpaired) electrons. The molecule has 4 aromatic rings. The lowest BCUT2D eigenvalue weighted by Crippen LogP contribution is -2.07. The van der Waals surface area contributed by atoms with E-state index in [1.54, 1.807) is 19.1 Å². The molecule has 4 rings (SSSR count). The third kappa shape index (κ3) is 3.00. The van der Waals surface area contributed by atoms with Gasteiger partial charge in [0.1, 0.15) is 5.69 Å². The minimum absolute atomic E-state index is 0.202. The lowest BCUT2D eigenvalue weighted by molar-refractivity contribution is 0.0528. The van der Waals surface area contributed by atoms with Crippen LogP contribution in [0.2, 0.25) is 5.02 Å². The molecular weight excluding hydrogens is 376 g/mol. The molecule has 0 spiro atoms. The number of hydrogen-bond acceptors (Lipinski definition) is 4. The Kier molecular flexibility index (Phi) is 4.53. The van der Waals surface area contributed by atoms with E-state index in [1.165, 1.54) is 6.07 Å². The van der Waals surface area contributed by atoms with E-state index < -0.39 is 5.97 Å². The zero-order valence-corrected chi connectivity index (χ0v) is 15.8. The molecule has 0 unspecified atom stereocenters. The Morgan fingerprint density at radius 1 is 1.07 bits per heavy atom. The molecule has 0 saturated carbocycles. The summed E-state index contributed by atoms with van der Waals surface area (Å²) in [5.41, 5.74) is 7.94. The number of ketones is 1. The van der Waals surface area contributed by atoms with Gasteiger partial charge in [0.05, 0.1) is 23.4 Å². The van der Waals surface area contributed by atoms with E-state index in [0.29, 0.717) is 21.5 Å². The number of carbonyl (C=O) groups is 2. The van der Waals surface area contributed by atoms with Crippen molar-refractivity contribution in [3.8, 4) is 0 Å². The number of halogens is 1. The molecule has 0 saturated heterocycles. The van der Waals surface area contributed by atoms with Gasteiger partial charge in [0.2, 0.25) is 5.78 Å². The summed E-state index contributed by atoms with van der Waals surface area (Å²) in [6.07, 6.45) is 0. The summed E-state index contributed by atoms with van der Waals surface area (Å²) >= 11 is 6.14. The summed E-state index contributed by atoms with van der Waals surface area (Å²) in [6.45, 7) is 1.94. The molecule has 0 aliphatic carbocycles. The van der Waals surface area contributed by atoms with Gasteiger partial charge in [0.25, 0.3) is 0 Å². The van der Waals surface area contributed by atoms with Crippen LogP contribution in [0.4, 0.5) is 5.69 Å². The number of fused-ring (bicyclic) bond motifs is 2. The number of rotatable bonds is 4. The molecule has 0 amide bonds. The van der Waals surface area contributed by atoms with E-state index in [1.807, 2.05) is 36.4 Å². The summed E-state index contributed by atoms with van der Waals surface area (Å²) in [6, 6.07) is 16.4. The fourth-order valence-corrected chi connectivity index (χ4v) is 3.56. The van der Waals surface area contributed by atoms with Gasteiger partial charge in [-0.3, -0.25) is 4.79 Å². The third-order valence-corrected chi connectivity index (χ3v) is 4.85. The summed E-state index contributed by atoms with van der Waals surface area (Å²) in [7, 11) is 0. The Balaban J connectivity index is 1.86. The maximum atomic E-state index is 13.1. The van der Waals surface area contributed by atoms with Crippen molar-refractivity contribution in [3.05, 3.63) is 76.4 Å². The van der Waals surface area contributed by atoms with Gasteiger partial charge in [-0.05, 0) is 35.9 Å². The maximum Gasteiger partial charge on any atom is 0.338 e. The molecule has 28 heavy (non-hydrogen) atoms. The first-order valence-corrected chi connectivity index (χ1v) is 9.18. The number of hydrogen-bond donors (Lipinski definition) is 2. The number of benzene rings is 3. The van der Waals surface area contributed by atoms with Crippen molar-refractivity contribution in [1.29, 1.82) is 0 Å². The van der Waals surface area contributed by atoms with Crippen LogP contribution >= 0.6 is 11.6 Å². The van der Waals surface area contributed by atoms with Crippen LogP contribution in [0.25, 0.3) is 21.7 Å². The zero-order valence-electron chi connectivity index (χ0n) is 15.1. The van der Waals surface area contributed by atoms with Crippen LogP contribution in [-0.2, 0) is 4.74 Å². The third-order valence-electron chi connectivity index (χ3n) is 4.64. The lowest BCUT2D eigenvalue weighted by Gasteiger charge is -2.05. The second-order valence-electron chi connectivity index (χ2n) is 6.40. The summed E-state index contributed by atoms with van der Waals surface area (Å²) in [4.78, 5) is 28.5. The number of nitrogens with one attached hydrogen (secondary N) is 1. The first kappa shape index (κ1) is 18.1. The van der Waals surface area contributed by atoms with Crippen molar-refractivity contribution in [1.82, 2.24) is 4.98 Å². The van der Waals surface area contributed by atoms with Gasteiger partial charge in [-0.25, -0.2) is 4.79 Å². The van der Waals surface area contributed by atoms with E-state index in [4.69, 9.17) is 22.1 Å². The van der Waals surface area contributed by atoms with E-state index in [2.05, 4.69) is 4.98 Å². The highest BCUT2D eigenvalue weighted by molar-refractivity contribution is 6.32. The summed E-state index contributed by atoms with van der Waals surface area (Å²) in [5.74, 6) is -0.796. The molecule has 0 fully saturated rings. The largest absolute Gasteiger partial charge is 0.462 e. The summed E-state index contributed by atoms with van der Waals surface area (Å²) in [5, 5.41) is 2.78. The van der Waals surface area contributed by atoms with Crippen LogP contribution < -0.4 is 5.73 Å². The molecule has 1 heterocycles. The predicted octanol–water partition coefficient (Wildman–Crippen LogP) is 4.96. The molecular formula is C22H17ClN2O3. The Bertz CT molecular complexity index is 1240. The van der Waals surface area contributed by atoms with Gasteiger partial charge in [0.15, 0.2) is 0 Å². The number of nitrogens with two attached hydrogens (primary N) is 1. The highest BCUT2D eigenvalue weighted by Gasteiger charge is 2.23. The van der Waals surface area contributed by atoms with Gasteiger partial charge >= 0.3 is 5.97 Å². The van der Waals surface area contributed by atoms with Crippen LogP contribution in [-0.4, -0.2) is 23.3 Å². The molecule has 140 valence electrons. The number of anilines is 1. The molecule has 0 atom stereocenters. The van der Waals surface area contributed by atoms with Crippen molar-refractivity contribution in [2.45, 2.75) is 6.92 Å². The van der Waals surface area contributed by atoms with E-state index in [-0.39, 0.29) is 29.3 Å². The average molecular weight is 393 g/mol. The van der Waals surface area contributed by atoms with Gasteiger partial charge in [0, 0.05) is 16.0 Å². The molecule has 5 nitrogen and oxygen atoms in total. The second kappa shape index (κ2) is 7.02. The summed E-state index contributed by atoms with van der Waals surface area (Å²) < 4.78 is 5.10. The van der Waals surface area contributed by atoms with Crippen molar-refractivity contribution in [3.63, 3.8) is 0 Å². The van der Waals surface area contributed by atoms with Crippen molar-refractivity contribution in [2.24, 2.45) is 0 Å². The van der Waals surface area contributed by atoms with Crippen LogP contribution in [0, 0.1) is 0 Å². The number of H-pyrrole nitrogens is 1. The Morgan fingerprint density at radius 2 is 1.82 bits per heavy atom. The number of carbonyl (C=O) groups excluding carboxylic acids is 2. The lowest BCUT2D eigenvalue weighted by atomic mass is 10.0. The predicted molar refractivity (Wildman–Crippen MR) is 111 cm³/mol. The first-order chi connectivity index (χ1) is 13.5. The highest BCUT2D eigenvalue weighted by atomic mass is 35.5. The Hall–Kier alpha value is -3.31. The minimum atomic E-state index is -0.537. The molecule has 0 bridgehead atoms. The first-order valence-electron chi connectivity index (χ1n) is 8.81. The molecule has 6 heteroatoms. The normalized spacial score (nSPS) is 11.1. The maximum absolute atomic E-state index is 13.1. The van der Waals surface area contributed by atoms with Gasteiger partial charge in [-0.15, -0.1) is 0 Å². The second-order valence-corrected chi connectivity index (χ2v) is 6.84. The van der Waals surface area contributed by atoms with Crippen LogP contribution in [0.1, 0.15) is 33.3 Å². The smallest absolute Gasteiger partial charge is 0.338 e. The van der Waals surface area contributed by atoms with E-state index in [0.717, 1.165) is 10.8 Å². The fraction of sp³-hybridized carbons (Fsp3) is 0.0909. The van der Waals surface area contributed by atoms with Crippen LogP contribution in [0.15, 0.2) is 54.6 Å². The minimum Gasteiger partial charge on any atom is -0.462 e. The van der Waals surface area contributed by atoms with E-state index in [9.17, 15) is 9.59 Å². The topological polar surface area (TPSA) is 85.2 Å². The van der Waals surface area contributed by atoms with E-state index >= 15 is 0 Å². The standard InChI is InChI=1S/C22H17ClN2O3/c1-2-28-22(27)16-10-15(23)11-17-18(16)19(24)20(25-17)21(26)14-8-7-12-5-3-4-6-13(12)9-14/h3-11,25H,2,24H2,1H3. The number of aromatic amines is 1. The zero-order chi connectivity index (χ0) is 19.8. The molecule has 0 aliphatic rings. The van der Waals surface area contributed by atoms with Crippen LogP contribution in [0.5, 0.6) is 0 Å². The monoisotopic (exact) mass is 392 g/mol. The van der Waals surface area contributed by atoms with Crippen molar-refractivity contribution >= 4 is 50.7 Å². The SMILES string of the molecule is CCOC(=O)c1cc(Cl)cc2[nH]c(C(=O)c3ccc4ccccc4c3)c(N)c12. The molecule has 1 aromatic heterocycles. The average Bonchev–Trinajstić information content (AvgIpc) is 3.02. The molecule has 3 N–H and O–H groups in total. The number of ether oxygens (including phenoxy) is 1. The van der Waals surface area contributed by atoms with Crippen LogP contribution in [0.3, 0.4) is 0 Å². The molecule has 3 aromatic carbocycles. The van der Waals surface area contributed by atoms with Gasteiger partial charge in [-0.1, -0.05) is 48.0 Å². The Labute approximate surface area is 166 Å². The van der Waals surface area contributed by atoms with Crippen molar-refractivity contribution < 1.29 is 14.3 Å². The quantitative estimate of drug-likeness (QED) is 0.379. The fourth-order valence-electron chi connectivity index (χ4n) is 3.35. The Morgan fingerprint density at radius 3 is 2.57 bits per heavy atom. The molecule has 0 aliphatic heterocycles. The number of nitrogen functional groups attached to an aromatic ring is 1. The highest BCUT2D eigenvalue weighted by Crippen LogP contribution is 2.33. The number of aromatic nitrogens is 1. The van der Waals surface area contributed by atoms with Crippen molar-refractivity contribution in [2.75, 3.05) is 12.3 Å². The van der Waals surface area contributed by atoms with Gasteiger partial charge in [-0.2, -0.15) is 0 Å². The number of esters is 1.